The molecule has 3 aromatic rings. The van der Waals surface area contributed by atoms with Crippen LogP contribution >= 0.6 is 15.9 Å². The number of nitrogens with one attached hydrogen (secondary N) is 1. The van der Waals surface area contributed by atoms with Crippen molar-refractivity contribution >= 4 is 33.5 Å². The van der Waals surface area contributed by atoms with E-state index >= 15 is 0 Å². The number of rotatable bonds is 6. The summed E-state index contributed by atoms with van der Waals surface area (Å²) in [5, 5.41) is 7.40. The van der Waals surface area contributed by atoms with Crippen LogP contribution in [-0.4, -0.2) is 35.4 Å². The van der Waals surface area contributed by atoms with E-state index in [1.165, 1.54) is 7.11 Å². The van der Waals surface area contributed by atoms with Crippen LogP contribution < -0.4 is 10.1 Å². The highest BCUT2D eigenvalue weighted by Gasteiger charge is 2.12. The van der Waals surface area contributed by atoms with Crippen molar-refractivity contribution in [2.24, 2.45) is 0 Å². The van der Waals surface area contributed by atoms with Crippen molar-refractivity contribution in [1.82, 2.24) is 9.78 Å². The van der Waals surface area contributed by atoms with Gasteiger partial charge in [-0.2, -0.15) is 5.10 Å². The van der Waals surface area contributed by atoms with Gasteiger partial charge in [0.2, 0.25) is 0 Å². The lowest BCUT2D eigenvalue weighted by Crippen LogP contribution is -2.14. The molecule has 0 aliphatic rings. The second-order valence-electron chi connectivity index (χ2n) is 6.74. The molecule has 0 unspecified atom stereocenters. The normalized spacial score (nSPS) is 10.6. The topological polar surface area (TPSA) is 82.5 Å². The summed E-state index contributed by atoms with van der Waals surface area (Å²) in [5.41, 5.74) is 4.79. The smallest absolute Gasteiger partial charge is 0.343 e. The van der Waals surface area contributed by atoms with E-state index in [0.717, 1.165) is 27.1 Å². The highest BCUT2D eigenvalue weighted by atomic mass is 79.9. The van der Waals surface area contributed by atoms with E-state index in [4.69, 9.17) is 4.74 Å². The number of hydrogen-bond donors (Lipinski definition) is 1. The second kappa shape index (κ2) is 9.13. The molecule has 156 valence electrons. The highest BCUT2D eigenvalue weighted by molar-refractivity contribution is 9.10. The lowest BCUT2D eigenvalue weighted by atomic mass is 10.1. The zero-order valence-corrected chi connectivity index (χ0v) is 18.7. The Bertz CT molecular complexity index is 1090. The largest absolute Gasteiger partial charge is 0.482 e. The first kappa shape index (κ1) is 21.6. The Morgan fingerprint density at radius 3 is 2.37 bits per heavy atom. The molecule has 7 nitrogen and oxygen atoms in total. The number of anilines is 1. The summed E-state index contributed by atoms with van der Waals surface area (Å²) in [5.74, 6) is -0.153. The monoisotopic (exact) mass is 471 g/mol. The summed E-state index contributed by atoms with van der Waals surface area (Å²) < 4.78 is 12.7. The summed E-state index contributed by atoms with van der Waals surface area (Å²) >= 11 is 3.52. The summed E-state index contributed by atoms with van der Waals surface area (Å²) in [6.07, 6.45) is 0. The SMILES string of the molecule is COC(=O)COc1ccc(NC(=O)c2ccc(-n3nc(C)c(Br)c3C)cc2)c(C)c1. The van der Waals surface area contributed by atoms with Gasteiger partial charge in [-0.1, -0.05) is 0 Å². The Labute approximate surface area is 183 Å². The molecule has 0 bridgehead atoms. The maximum Gasteiger partial charge on any atom is 0.343 e. The average molecular weight is 472 g/mol. The van der Waals surface area contributed by atoms with Crippen molar-refractivity contribution in [2.45, 2.75) is 20.8 Å². The quantitative estimate of drug-likeness (QED) is 0.539. The van der Waals surface area contributed by atoms with Crippen LogP contribution in [0.25, 0.3) is 5.69 Å². The number of aryl methyl sites for hydroxylation is 2. The van der Waals surface area contributed by atoms with E-state index in [0.29, 0.717) is 17.0 Å². The fourth-order valence-electron chi connectivity index (χ4n) is 2.89. The molecule has 30 heavy (non-hydrogen) atoms. The third kappa shape index (κ3) is 4.71. The van der Waals surface area contributed by atoms with Crippen molar-refractivity contribution in [1.29, 1.82) is 0 Å². The van der Waals surface area contributed by atoms with Crippen LogP contribution in [0, 0.1) is 20.8 Å². The molecule has 8 heteroatoms. The van der Waals surface area contributed by atoms with E-state index in [9.17, 15) is 9.59 Å². The Hall–Kier alpha value is -3.13. The molecule has 0 fully saturated rings. The molecule has 1 aromatic heterocycles. The fraction of sp³-hybridized carbons (Fsp3) is 0.227. The Morgan fingerprint density at radius 1 is 1.10 bits per heavy atom. The molecule has 0 aliphatic heterocycles. The second-order valence-corrected chi connectivity index (χ2v) is 7.53. The van der Waals surface area contributed by atoms with Gasteiger partial charge in [-0.15, -0.1) is 0 Å². The lowest BCUT2D eigenvalue weighted by molar-refractivity contribution is -0.142. The Balaban J connectivity index is 1.70. The van der Waals surface area contributed by atoms with Gasteiger partial charge in [0.1, 0.15) is 5.75 Å². The molecule has 0 aliphatic carbocycles. The number of amides is 1. The van der Waals surface area contributed by atoms with Gasteiger partial charge >= 0.3 is 5.97 Å². The maximum atomic E-state index is 12.6. The van der Waals surface area contributed by atoms with E-state index < -0.39 is 5.97 Å². The number of carbonyl (C=O) groups excluding carboxylic acids is 2. The summed E-state index contributed by atoms with van der Waals surface area (Å²) in [7, 11) is 1.30. The minimum atomic E-state index is -0.457. The number of halogens is 1. The van der Waals surface area contributed by atoms with E-state index in [2.05, 4.69) is 31.1 Å². The zero-order valence-electron chi connectivity index (χ0n) is 17.2. The predicted molar refractivity (Wildman–Crippen MR) is 117 cm³/mol. The zero-order chi connectivity index (χ0) is 21.8. The Kier molecular flexibility index (Phi) is 6.56. The molecular formula is C22H22BrN3O4. The molecule has 0 radical (unpaired) electrons. The van der Waals surface area contributed by atoms with Crippen molar-refractivity contribution in [3.63, 3.8) is 0 Å². The Morgan fingerprint density at radius 2 is 1.80 bits per heavy atom. The molecule has 0 spiro atoms. The number of benzene rings is 2. The van der Waals surface area contributed by atoms with Gasteiger partial charge in [-0.3, -0.25) is 4.79 Å². The number of methoxy groups -OCH3 is 1. The van der Waals surface area contributed by atoms with Gasteiger partial charge in [0.15, 0.2) is 6.61 Å². The van der Waals surface area contributed by atoms with Crippen LogP contribution in [0.1, 0.15) is 27.3 Å². The molecule has 3 rings (SSSR count). The number of hydrogen-bond acceptors (Lipinski definition) is 5. The first-order chi connectivity index (χ1) is 14.3. The molecule has 1 heterocycles. The molecule has 0 saturated heterocycles. The first-order valence-electron chi connectivity index (χ1n) is 9.24. The van der Waals surface area contributed by atoms with Crippen molar-refractivity contribution in [2.75, 3.05) is 19.0 Å². The predicted octanol–water partition coefficient (Wildman–Crippen LogP) is 4.36. The van der Waals surface area contributed by atoms with Gasteiger partial charge in [0.25, 0.3) is 5.91 Å². The average Bonchev–Trinajstić information content (AvgIpc) is 3.01. The van der Waals surface area contributed by atoms with E-state index in [-0.39, 0.29) is 12.5 Å². The fourth-order valence-corrected chi connectivity index (χ4v) is 3.14. The molecule has 1 N–H and O–H groups in total. The van der Waals surface area contributed by atoms with Crippen LogP contribution in [-0.2, 0) is 9.53 Å². The van der Waals surface area contributed by atoms with Crippen LogP contribution in [0.4, 0.5) is 5.69 Å². The first-order valence-corrected chi connectivity index (χ1v) is 10.0. The highest BCUT2D eigenvalue weighted by Crippen LogP contribution is 2.24. The third-order valence-corrected chi connectivity index (χ3v) is 5.76. The molecule has 1 amide bonds. The molecular weight excluding hydrogens is 450 g/mol. The van der Waals surface area contributed by atoms with E-state index in [1.54, 1.807) is 30.3 Å². The van der Waals surface area contributed by atoms with Crippen LogP contribution in [0.2, 0.25) is 0 Å². The van der Waals surface area contributed by atoms with Crippen molar-refractivity contribution < 1.29 is 19.1 Å². The molecule has 2 aromatic carbocycles. The van der Waals surface area contributed by atoms with Gasteiger partial charge in [-0.05, 0) is 84.7 Å². The van der Waals surface area contributed by atoms with E-state index in [1.807, 2.05) is 37.6 Å². The number of aromatic nitrogens is 2. The van der Waals surface area contributed by atoms with Crippen molar-refractivity contribution in [3.8, 4) is 11.4 Å². The molecule has 0 saturated carbocycles. The number of nitrogens with zero attached hydrogens (tertiary/aromatic N) is 2. The third-order valence-electron chi connectivity index (χ3n) is 4.61. The van der Waals surface area contributed by atoms with Crippen LogP contribution in [0.5, 0.6) is 5.75 Å². The van der Waals surface area contributed by atoms with Crippen molar-refractivity contribution in [3.05, 3.63) is 69.5 Å². The summed E-state index contributed by atoms with van der Waals surface area (Å²) in [4.78, 5) is 23.8. The number of esters is 1. The van der Waals surface area contributed by atoms with Gasteiger partial charge in [-0.25, -0.2) is 9.48 Å². The van der Waals surface area contributed by atoms with Gasteiger partial charge in [0, 0.05) is 11.3 Å². The lowest BCUT2D eigenvalue weighted by Gasteiger charge is -2.11. The minimum absolute atomic E-state index is 0.167. The number of carbonyl (C=O) groups is 2. The molecule has 0 atom stereocenters. The van der Waals surface area contributed by atoms with Crippen LogP contribution in [0.3, 0.4) is 0 Å². The minimum Gasteiger partial charge on any atom is -0.482 e. The summed E-state index contributed by atoms with van der Waals surface area (Å²) in [6.45, 7) is 5.60. The maximum absolute atomic E-state index is 12.6. The van der Waals surface area contributed by atoms with Gasteiger partial charge in [0.05, 0.1) is 28.7 Å². The van der Waals surface area contributed by atoms with Gasteiger partial charge < -0.3 is 14.8 Å². The summed E-state index contributed by atoms with van der Waals surface area (Å²) in [6, 6.07) is 12.4. The van der Waals surface area contributed by atoms with Crippen LogP contribution in [0.15, 0.2) is 46.9 Å². The standard InChI is InChI=1S/C22H22BrN3O4/c1-13-11-18(30-12-20(27)29-4)9-10-19(13)24-22(28)16-5-7-17(8-6-16)26-15(3)21(23)14(2)25-26/h5-11H,12H2,1-4H3,(H,24,28). The number of ether oxygens (including phenoxy) is 2.